The van der Waals surface area contributed by atoms with Crippen LogP contribution in [0.4, 0.5) is 0 Å². The molecule has 0 fully saturated rings. The van der Waals surface area contributed by atoms with Gasteiger partial charge in [0.25, 0.3) is 0 Å². The van der Waals surface area contributed by atoms with Crippen molar-refractivity contribution >= 4 is 0 Å². The number of nitrogens with two attached hydrogens (primary N) is 1. The number of aromatic amines is 1. The van der Waals surface area contributed by atoms with Crippen molar-refractivity contribution < 1.29 is 0 Å². The molecule has 0 saturated heterocycles. The van der Waals surface area contributed by atoms with Crippen LogP contribution in [0.3, 0.4) is 0 Å². The van der Waals surface area contributed by atoms with Gasteiger partial charge in [0.1, 0.15) is 0 Å². The van der Waals surface area contributed by atoms with Crippen LogP contribution < -0.4 is 5.73 Å². The monoisotopic (exact) mass is 150 g/mol. The summed E-state index contributed by atoms with van der Waals surface area (Å²) in [6.07, 6.45) is 5.19. The fraction of sp³-hybridized carbons (Fsp3) is 0.556. The van der Waals surface area contributed by atoms with E-state index in [-0.39, 0.29) is 11.5 Å². The molecule has 0 aliphatic heterocycles. The third kappa shape index (κ3) is 0.824. The van der Waals surface area contributed by atoms with E-state index in [9.17, 15) is 0 Å². The Morgan fingerprint density at radius 2 is 2.27 bits per heavy atom. The molecule has 0 radical (unpaired) electrons. The maximum absolute atomic E-state index is 6.05. The first kappa shape index (κ1) is 6.92. The van der Waals surface area contributed by atoms with Gasteiger partial charge in [-0.1, -0.05) is 13.8 Å². The van der Waals surface area contributed by atoms with Crippen LogP contribution in [-0.2, 0) is 6.42 Å². The Morgan fingerprint density at radius 3 is 2.91 bits per heavy atom. The molecule has 0 aromatic carbocycles. The molecular formula is C9H14N2. The summed E-state index contributed by atoms with van der Waals surface area (Å²) in [5, 5.41) is 0. The van der Waals surface area contributed by atoms with Crippen LogP contribution in [0.5, 0.6) is 0 Å². The Kier molecular flexibility index (Phi) is 1.19. The van der Waals surface area contributed by atoms with Gasteiger partial charge in [0, 0.05) is 18.4 Å². The van der Waals surface area contributed by atoms with Gasteiger partial charge in [-0.15, -0.1) is 0 Å². The van der Waals surface area contributed by atoms with Gasteiger partial charge in [-0.05, 0) is 23.0 Å². The summed E-state index contributed by atoms with van der Waals surface area (Å²) in [6.45, 7) is 4.44. The van der Waals surface area contributed by atoms with Gasteiger partial charge < -0.3 is 10.7 Å². The van der Waals surface area contributed by atoms with E-state index in [1.165, 1.54) is 11.1 Å². The van der Waals surface area contributed by atoms with Crippen LogP contribution in [0.15, 0.2) is 12.4 Å². The lowest BCUT2D eigenvalue weighted by molar-refractivity contribution is 0.318. The molecule has 1 heterocycles. The van der Waals surface area contributed by atoms with E-state index < -0.39 is 0 Å². The van der Waals surface area contributed by atoms with Crippen molar-refractivity contribution in [3.8, 4) is 0 Å². The molecule has 0 amide bonds. The number of hydrogen-bond acceptors (Lipinski definition) is 1. The van der Waals surface area contributed by atoms with Crippen molar-refractivity contribution in [2.24, 2.45) is 11.1 Å². The maximum atomic E-state index is 6.05. The Bertz CT molecular complexity index is 273. The molecule has 2 heteroatoms. The van der Waals surface area contributed by atoms with Crippen LogP contribution in [0.2, 0.25) is 0 Å². The quantitative estimate of drug-likeness (QED) is 0.579. The van der Waals surface area contributed by atoms with E-state index in [0.29, 0.717) is 0 Å². The zero-order valence-electron chi connectivity index (χ0n) is 7.02. The lowest BCUT2D eigenvalue weighted by Gasteiger charge is -2.23. The molecule has 1 atom stereocenters. The molecule has 60 valence electrons. The molecule has 1 aliphatic carbocycles. The second kappa shape index (κ2) is 1.89. The highest BCUT2D eigenvalue weighted by Gasteiger charge is 2.36. The fourth-order valence-corrected chi connectivity index (χ4v) is 1.87. The van der Waals surface area contributed by atoms with E-state index >= 15 is 0 Å². The average molecular weight is 150 g/mol. The molecule has 0 bridgehead atoms. The van der Waals surface area contributed by atoms with Crippen molar-refractivity contribution in [3.05, 3.63) is 23.5 Å². The first-order valence-electron chi connectivity index (χ1n) is 4.02. The van der Waals surface area contributed by atoms with Crippen molar-refractivity contribution in [1.29, 1.82) is 0 Å². The number of rotatable bonds is 0. The molecule has 1 aromatic rings. The summed E-state index contributed by atoms with van der Waals surface area (Å²) in [7, 11) is 0. The molecular weight excluding hydrogens is 136 g/mol. The van der Waals surface area contributed by atoms with Crippen LogP contribution in [0.25, 0.3) is 0 Å². The minimum Gasteiger partial charge on any atom is -0.367 e. The van der Waals surface area contributed by atoms with E-state index in [2.05, 4.69) is 25.0 Å². The van der Waals surface area contributed by atoms with Crippen LogP contribution >= 0.6 is 0 Å². The third-order valence-electron chi connectivity index (χ3n) is 2.69. The van der Waals surface area contributed by atoms with Gasteiger partial charge in [0.15, 0.2) is 0 Å². The number of aromatic nitrogens is 1. The van der Waals surface area contributed by atoms with Crippen LogP contribution in [0, 0.1) is 5.41 Å². The van der Waals surface area contributed by atoms with Gasteiger partial charge in [0.2, 0.25) is 0 Å². The summed E-state index contributed by atoms with van der Waals surface area (Å²) in [5.41, 5.74) is 8.99. The summed E-state index contributed by atoms with van der Waals surface area (Å²) in [6, 6.07) is 0.212. The SMILES string of the molecule is CC1(C)Cc2c[nH]cc2C1N. The second-order valence-electron chi connectivity index (χ2n) is 4.08. The molecule has 1 aliphatic rings. The normalized spacial score (nSPS) is 27.0. The zero-order chi connectivity index (χ0) is 8.06. The first-order chi connectivity index (χ1) is 5.11. The standard InChI is InChI=1S/C9H14N2/c1-9(2)3-6-4-11-5-7(6)8(9)10/h4-5,8,11H,3,10H2,1-2H3. The van der Waals surface area contributed by atoms with Gasteiger partial charge in [0.05, 0.1) is 0 Å². The largest absolute Gasteiger partial charge is 0.367 e. The van der Waals surface area contributed by atoms with Gasteiger partial charge >= 0.3 is 0 Å². The minimum atomic E-state index is 0.212. The van der Waals surface area contributed by atoms with Crippen LogP contribution in [-0.4, -0.2) is 4.98 Å². The summed E-state index contributed by atoms with van der Waals surface area (Å²) in [4.78, 5) is 3.09. The number of nitrogens with one attached hydrogen (secondary N) is 1. The highest BCUT2D eigenvalue weighted by atomic mass is 14.8. The fourth-order valence-electron chi connectivity index (χ4n) is 1.87. The van der Waals surface area contributed by atoms with E-state index in [1.807, 2.05) is 6.20 Å². The topological polar surface area (TPSA) is 41.8 Å². The lowest BCUT2D eigenvalue weighted by Crippen LogP contribution is -2.24. The minimum absolute atomic E-state index is 0.212. The second-order valence-corrected chi connectivity index (χ2v) is 4.08. The summed E-state index contributed by atoms with van der Waals surface area (Å²) in [5.74, 6) is 0. The zero-order valence-corrected chi connectivity index (χ0v) is 7.02. The number of fused-ring (bicyclic) bond motifs is 1. The lowest BCUT2D eigenvalue weighted by atomic mass is 9.86. The molecule has 0 saturated carbocycles. The molecule has 0 spiro atoms. The van der Waals surface area contributed by atoms with Crippen molar-refractivity contribution in [1.82, 2.24) is 4.98 Å². The molecule has 2 rings (SSSR count). The highest BCUT2D eigenvalue weighted by Crippen LogP contribution is 2.43. The molecule has 11 heavy (non-hydrogen) atoms. The third-order valence-corrected chi connectivity index (χ3v) is 2.69. The molecule has 1 aromatic heterocycles. The van der Waals surface area contributed by atoms with E-state index in [0.717, 1.165) is 6.42 Å². The van der Waals surface area contributed by atoms with Crippen molar-refractivity contribution in [2.45, 2.75) is 26.3 Å². The summed E-state index contributed by atoms with van der Waals surface area (Å²) >= 11 is 0. The Morgan fingerprint density at radius 1 is 1.55 bits per heavy atom. The smallest absolute Gasteiger partial charge is 0.0367 e. The van der Waals surface area contributed by atoms with Gasteiger partial charge in [-0.3, -0.25) is 0 Å². The summed E-state index contributed by atoms with van der Waals surface area (Å²) < 4.78 is 0. The van der Waals surface area contributed by atoms with Crippen molar-refractivity contribution in [3.63, 3.8) is 0 Å². The van der Waals surface area contributed by atoms with E-state index in [4.69, 9.17) is 5.73 Å². The van der Waals surface area contributed by atoms with Crippen molar-refractivity contribution in [2.75, 3.05) is 0 Å². The van der Waals surface area contributed by atoms with E-state index in [1.54, 1.807) is 0 Å². The predicted molar refractivity (Wildman–Crippen MR) is 45.2 cm³/mol. The average Bonchev–Trinajstić information content (AvgIpc) is 2.39. The number of hydrogen-bond donors (Lipinski definition) is 2. The Hall–Kier alpha value is -0.760. The molecule has 2 nitrogen and oxygen atoms in total. The molecule has 3 N–H and O–H groups in total. The number of H-pyrrole nitrogens is 1. The maximum Gasteiger partial charge on any atom is 0.0367 e. The Balaban J connectivity index is 2.45. The molecule has 1 unspecified atom stereocenters. The first-order valence-corrected chi connectivity index (χ1v) is 4.02. The van der Waals surface area contributed by atoms with Gasteiger partial charge in [-0.25, -0.2) is 0 Å². The Labute approximate surface area is 66.8 Å². The predicted octanol–water partition coefficient (Wildman–Crippen LogP) is 1.60. The highest BCUT2D eigenvalue weighted by molar-refractivity contribution is 5.34. The van der Waals surface area contributed by atoms with Gasteiger partial charge in [-0.2, -0.15) is 0 Å². The van der Waals surface area contributed by atoms with Crippen LogP contribution in [0.1, 0.15) is 31.0 Å².